The molecule has 0 aliphatic carbocycles. The summed E-state index contributed by atoms with van der Waals surface area (Å²) in [5, 5.41) is 13.7. The standard InChI is InChI=1S/C17H13ClF3N5OS/c1-10-5-7-11(8-6-10)26-16(23-24-25-26)28-9-14(27)22-15-12(17(19,20)21)3-2-4-13(15)18/h2-8H,9H2,1H3,(H,22,27). The summed E-state index contributed by atoms with van der Waals surface area (Å²) in [5.74, 6) is -0.864. The van der Waals surface area contributed by atoms with Gasteiger partial charge in [0.2, 0.25) is 11.1 Å². The second-order valence-corrected chi connectivity index (χ2v) is 7.06. The molecule has 0 bridgehead atoms. The molecule has 0 unspecified atom stereocenters. The van der Waals surface area contributed by atoms with Crippen LogP contribution < -0.4 is 5.32 Å². The van der Waals surface area contributed by atoms with Gasteiger partial charge in [-0.05, 0) is 41.6 Å². The third-order valence-electron chi connectivity index (χ3n) is 3.64. The highest BCUT2D eigenvalue weighted by atomic mass is 35.5. The zero-order valence-corrected chi connectivity index (χ0v) is 15.9. The molecule has 6 nitrogen and oxygen atoms in total. The lowest BCUT2D eigenvalue weighted by Gasteiger charge is -2.15. The van der Waals surface area contributed by atoms with Gasteiger partial charge in [0.25, 0.3) is 0 Å². The first-order chi connectivity index (χ1) is 13.3. The lowest BCUT2D eigenvalue weighted by atomic mass is 10.1. The maximum Gasteiger partial charge on any atom is 0.418 e. The Labute approximate surface area is 167 Å². The smallest absolute Gasteiger partial charge is 0.324 e. The van der Waals surface area contributed by atoms with E-state index >= 15 is 0 Å². The number of aryl methyl sites for hydroxylation is 1. The summed E-state index contributed by atoms with van der Waals surface area (Å²) in [5.41, 5.74) is 0.276. The summed E-state index contributed by atoms with van der Waals surface area (Å²) in [4.78, 5) is 12.2. The van der Waals surface area contributed by atoms with Crippen molar-refractivity contribution in [2.75, 3.05) is 11.1 Å². The molecule has 11 heteroatoms. The number of carbonyl (C=O) groups is 1. The van der Waals surface area contributed by atoms with Gasteiger partial charge in [-0.2, -0.15) is 17.9 Å². The molecule has 1 N–H and O–H groups in total. The van der Waals surface area contributed by atoms with Crippen LogP contribution in [0.3, 0.4) is 0 Å². The number of carbonyl (C=O) groups excluding carboxylic acids is 1. The van der Waals surface area contributed by atoms with E-state index in [1.165, 1.54) is 16.8 Å². The van der Waals surface area contributed by atoms with Crippen molar-refractivity contribution in [3.05, 3.63) is 58.6 Å². The average Bonchev–Trinajstić information content (AvgIpc) is 3.10. The van der Waals surface area contributed by atoms with Crippen LogP contribution in [0.1, 0.15) is 11.1 Å². The number of anilines is 1. The predicted molar refractivity (Wildman–Crippen MR) is 99.7 cm³/mol. The van der Waals surface area contributed by atoms with Crippen molar-refractivity contribution in [1.29, 1.82) is 0 Å². The molecular weight excluding hydrogens is 415 g/mol. The van der Waals surface area contributed by atoms with Gasteiger partial charge in [0, 0.05) is 0 Å². The summed E-state index contributed by atoms with van der Waals surface area (Å²) in [6.45, 7) is 1.94. The summed E-state index contributed by atoms with van der Waals surface area (Å²) in [6, 6.07) is 10.7. The van der Waals surface area contributed by atoms with Gasteiger partial charge in [-0.1, -0.05) is 47.1 Å². The minimum Gasteiger partial charge on any atom is -0.324 e. The Hall–Kier alpha value is -2.59. The lowest BCUT2D eigenvalue weighted by Crippen LogP contribution is -2.18. The lowest BCUT2D eigenvalue weighted by molar-refractivity contribution is -0.137. The van der Waals surface area contributed by atoms with Crippen LogP contribution in [-0.4, -0.2) is 31.9 Å². The molecule has 0 atom stereocenters. The number of nitrogens with zero attached hydrogens (tertiary/aromatic N) is 4. The Kier molecular flexibility index (Phi) is 5.90. The van der Waals surface area contributed by atoms with Crippen molar-refractivity contribution in [3.8, 4) is 5.69 Å². The molecule has 3 rings (SSSR count). The van der Waals surface area contributed by atoms with E-state index in [9.17, 15) is 18.0 Å². The number of rotatable bonds is 5. The third kappa shape index (κ3) is 4.63. The highest BCUT2D eigenvalue weighted by Gasteiger charge is 2.34. The van der Waals surface area contributed by atoms with E-state index in [0.29, 0.717) is 10.8 Å². The van der Waals surface area contributed by atoms with Crippen LogP contribution in [0.4, 0.5) is 18.9 Å². The molecule has 0 aliphatic heterocycles. The number of amides is 1. The van der Waals surface area contributed by atoms with Gasteiger partial charge in [-0.25, -0.2) is 0 Å². The van der Waals surface area contributed by atoms with Crippen LogP contribution in [0.25, 0.3) is 5.69 Å². The van der Waals surface area contributed by atoms with E-state index in [0.717, 1.165) is 23.4 Å². The number of hydrogen-bond donors (Lipinski definition) is 1. The first-order valence-corrected chi connectivity index (χ1v) is 9.26. The summed E-state index contributed by atoms with van der Waals surface area (Å²) < 4.78 is 40.8. The Bertz CT molecular complexity index is 991. The van der Waals surface area contributed by atoms with Crippen LogP contribution in [-0.2, 0) is 11.0 Å². The molecule has 0 saturated carbocycles. The minimum absolute atomic E-state index is 0.197. The van der Waals surface area contributed by atoms with Gasteiger partial charge >= 0.3 is 6.18 Å². The molecule has 0 spiro atoms. The maximum absolute atomic E-state index is 13.1. The number of aromatic nitrogens is 4. The van der Waals surface area contributed by atoms with Crippen LogP contribution in [0.15, 0.2) is 47.6 Å². The van der Waals surface area contributed by atoms with E-state index in [1.54, 1.807) is 0 Å². The zero-order valence-electron chi connectivity index (χ0n) is 14.4. The van der Waals surface area contributed by atoms with Crippen molar-refractivity contribution in [3.63, 3.8) is 0 Å². The summed E-state index contributed by atoms with van der Waals surface area (Å²) in [7, 11) is 0. The molecule has 146 valence electrons. The molecule has 0 radical (unpaired) electrons. The first kappa shape index (κ1) is 20.2. The quantitative estimate of drug-likeness (QED) is 0.612. The van der Waals surface area contributed by atoms with Crippen molar-refractivity contribution >= 4 is 35.0 Å². The Morgan fingerprint density at radius 3 is 2.61 bits per heavy atom. The van der Waals surface area contributed by atoms with Gasteiger partial charge in [0.15, 0.2) is 0 Å². The molecule has 1 aromatic heterocycles. The Balaban J connectivity index is 1.72. The van der Waals surface area contributed by atoms with Gasteiger partial charge in [0.05, 0.1) is 27.7 Å². The van der Waals surface area contributed by atoms with Gasteiger partial charge in [-0.3, -0.25) is 4.79 Å². The largest absolute Gasteiger partial charge is 0.418 e. The first-order valence-electron chi connectivity index (χ1n) is 7.89. The predicted octanol–water partition coefficient (Wildman–Crippen LogP) is 4.37. The van der Waals surface area contributed by atoms with Crippen LogP contribution in [0, 0.1) is 6.92 Å². The molecule has 1 heterocycles. The van der Waals surface area contributed by atoms with E-state index < -0.39 is 23.3 Å². The highest BCUT2D eigenvalue weighted by molar-refractivity contribution is 7.99. The van der Waals surface area contributed by atoms with E-state index in [2.05, 4.69) is 20.8 Å². The zero-order chi connectivity index (χ0) is 20.3. The molecule has 0 saturated heterocycles. The van der Waals surface area contributed by atoms with Crippen molar-refractivity contribution < 1.29 is 18.0 Å². The number of benzene rings is 2. The molecule has 28 heavy (non-hydrogen) atoms. The van der Waals surface area contributed by atoms with Gasteiger partial charge < -0.3 is 5.32 Å². The van der Waals surface area contributed by atoms with Crippen molar-refractivity contribution in [2.45, 2.75) is 18.3 Å². The average molecular weight is 428 g/mol. The van der Waals surface area contributed by atoms with E-state index in [4.69, 9.17) is 11.6 Å². The second-order valence-electron chi connectivity index (χ2n) is 5.71. The molecule has 2 aromatic carbocycles. The fourth-order valence-electron chi connectivity index (χ4n) is 2.31. The molecule has 3 aromatic rings. The molecule has 0 fully saturated rings. The van der Waals surface area contributed by atoms with Crippen LogP contribution >= 0.6 is 23.4 Å². The third-order valence-corrected chi connectivity index (χ3v) is 4.87. The van der Waals surface area contributed by atoms with Crippen molar-refractivity contribution in [2.24, 2.45) is 0 Å². The molecular formula is C17H13ClF3N5OS. The number of tetrazole rings is 1. The number of halogens is 4. The van der Waals surface area contributed by atoms with Crippen molar-refractivity contribution in [1.82, 2.24) is 20.2 Å². The SMILES string of the molecule is Cc1ccc(-n2nnnc2SCC(=O)Nc2c(Cl)cccc2C(F)(F)F)cc1. The van der Waals surface area contributed by atoms with E-state index in [-0.39, 0.29) is 10.8 Å². The number of hydrogen-bond acceptors (Lipinski definition) is 5. The topological polar surface area (TPSA) is 72.7 Å². The minimum atomic E-state index is -4.64. The highest BCUT2D eigenvalue weighted by Crippen LogP contribution is 2.38. The van der Waals surface area contributed by atoms with Gasteiger partial charge in [0.1, 0.15) is 0 Å². The summed E-state index contributed by atoms with van der Waals surface area (Å²) in [6.07, 6.45) is -4.64. The van der Waals surface area contributed by atoms with Gasteiger partial charge in [-0.15, -0.1) is 5.10 Å². The Morgan fingerprint density at radius 1 is 1.21 bits per heavy atom. The van der Waals surface area contributed by atoms with Crippen LogP contribution in [0.2, 0.25) is 5.02 Å². The maximum atomic E-state index is 13.1. The number of nitrogens with one attached hydrogen (secondary N) is 1. The molecule has 1 amide bonds. The normalized spacial score (nSPS) is 11.5. The fourth-order valence-corrected chi connectivity index (χ4v) is 3.22. The number of para-hydroxylation sites is 1. The van der Waals surface area contributed by atoms with E-state index in [1.807, 2.05) is 31.2 Å². The Morgan fingerprint density at radius 2 is 1.93 bits per heavy atom. The molecule has 0 aliphatic rings. The second kappa shape index (κ2) is 8.19. The monoisotopic (exact) mass is 427 g/mol. The number of alkyl halides is 3. The van der Waals surface area contributed by atoms with Crippen LogP contribution in [0.5, 0.6) is 0 Å². The summed E-state index contributed by atoms with van der Waals surface area (Å²) >= 11 is 6.83. The number of thioether (sulfide) groups is 1. The fraction of sp³-hybridized carbons (Fsp3) is 0.176.